The Bertz CT molecular complexity index is 562. The molecular formula is C11H12N4O2. The normalized spacial score (nSPS) is 10.2. The molecule has 0 aromatic carbocycles. The second kappa shape index (κ2) is 4.65. The molecule has 2 aromatic rings. The number of carbonyl (C=O) groups is 1. The minimum Gasteiger partial charge on any atom is -0.445 e. The Balaban J connectivity index is 2.19. The number of hydrogen-bond acceptors (Lipinski definition) is 4. The highest BCUT2D eigenvalue weighted by molar-refractivity contribution is 5.95. The molecule has 0 unspecified atom stereocenters. The van der Waals surface area contributed by atoms with E-state index < -0.39 is 6.09 Å². The van der Waals surface area contributed by atoms with Gasteiger partial charge in [0.05, 0.1) is 5.39 Å². The third-order valence-electron chi connectivity index (χ3n) is 2.12. The maximum absolute atomic E-state index is 11.3. The Hall–Kier alpha value is -2.37. The number of anilines is 1. The van der Waals surface area contributed by atoms with Crippen molar-refractivity contribution in [2.75, 3.05) is 11.9 Å². The maximum atomic E-state index is 11.3. The fraction of sp³-hybridized carbons (Fsp3) is 0.182. The number of nitrogens with zero attached hydrogens (tertiary/aromatic N) is 2. The van der Waals surface area contributed by atoms with Crippen LogP contribution in [0.2, 0.25) is 0 Å². The molecule has 0 spiro atoms. The molecule has 0 aliphatic carbocycles. The third kappa shape index (κ3) is 2.41. The fourth-order valence-corrected chi connectivity index (χ4v) is 1.36. The Kier molecular flexibility index (Phi) is 3.04. The molecule has 0 aliphatic rings. The van der Waals surface area contributed by atoms with Gasteiger partial charge in [-0.05, 0) is 19.1 Å². The van der Waals surface area contributed by atoms with E-state index in [0.717, 1.165) is 11.1 Å². The molecule has 88 valence electrons. The van der Waals surface area contributed by atoms with E-state index in [0.29, 0.717) is 11.5 Å². The summed E-state index contributed by atoms with van der Waals surface area (Å²) >= 11 is 0. The smallest absolute Gasteiger partial charge is 0.413 e. The van der Waals surface area contributed by atoms with Crippen molar-refractivity contribution in [2.45, 2.75) is 6.92 Å². The molecule has 0 saturated heterocycles. The summed E-state index contributed by atoms with van der Waals surface area (Å²) in [4.78, 5) is 15.6. The number of rotatable bonds is 3. The monoisotopic (exact) mass is 232 g/mol. The van der Waals surface area contributed by atoms with Gasteiger partial charge in [0.25, 0.3) is 0 Å². The zero-order valence-electron chi connectivity index (χ0n) is 9.36. The number of amides is 1. The van der Waals surface area contributed by atoms with Gasteiger partial charge in [-0.15, -0.1) is 0 Å². The lowest BCUT2D eigenvalue weighted by Crippen LogP contribution is -2.13. The van der Waals surface area contributed by atoms with Crippen molar-refractivity contribution in [1.29, 1.82) is 0 Å². The Morgan fingerprint density at radius 3 is 3.24 bits per heavy atom. The maximum Gasteiger partial charge on any atom is 0.413 e. The lowest BCUT2D eigenvalue weighted by atomic mass is 10.3. The van der Waals surface area contributed by atoms with Crippen LogP contribution in [-0.2, 0) is 4.74 Å². The summed E-state index contributed by atoms with van der Waals surface area (Å²) in [5, 5.41) is 9.97. The van der Waals surface area contributed by atoms with Crippen molar-refractivity contribution in [3.8, 4) is 0 Å². The van der Waals surface area contributed by atoms with Crippen LogP contribution in [0.4, 0.5) is 10.6 Å². The summed E-state index contributed by atoms with van der Waals surface area (Å²) in [7, 11) is 0. The number of hydrogen-bond donors (Lipinski definition) is 2. The van der Waals surface area contributed by atoms with Gasteiger partial charge in [0.15, 0.2) is 11.5 Å². The molecule has 0 radical (unpaired) electrons. The molecule has 2 rings (SSSR count). The van der Waals surface area contributed by atoms with Crippen molar-refractivity contribution < 1.29 is 9.53 Å². The minimum atomic E-state index is -0.570. The number of aromatic nitrogens is 3. The zero-order chi connectivity index (χ0) is 12.3. The highest BCUT2D eigenvalue weighted by atomic mass is 16.5. The quantitative estimate of drug-likeness (QED) is 0.793. The molecule has 2 heterocycles. The van der Waals surface area contributed by atoms with Crippen LogP contribution in [0.15, 0.2) is 24.8 Å². The molecule has 2 aromatic heterocycles. The van der Waals surface area contributed by atoms with Crippen LogP contribution in [-0.4, -0.2) is 27.9 Å². The molecule has 0 bridgehead atoms. The fourth-order valence-electron chi connectivity index (χ4n) is 1.36. The van der Waals surface area contributed by atoms with Gasteiger partial charge in [-0.3, -0.25) is 10.4 Å². The zero-order valence-corrected chi connectivity index (χ0v) is 9.36. The summed E-state index contributed by atoms with van der Waals surface area (Å²) in [6.45, 7) is 5.49. The summed E-state index contributed by atoms with van der Waals surface area (Å²) in [6, 6.07) is 3.68. The van der Waals surface area contributed by atoms with E-state index in [9.17, 15) is 4.79 Å². The summed E-state index contributed by atoms with van der Waals surface area (Å²) in [5.41, 5.74) is 1.51. The Morgan fingerprint density at radius 1 is 1.65 bits per heavy atom. The molecule has 0 saturated carbocycles. The SMILES string of the molecule is C=CCOC(=O)Nc1n[nH]c2nc(C)ccc12. The van der Waals surface area contributed by atoms with E-state index in [-0.39, 0.29) is 6.61 Å². The summed E-state index contributed by atoms with van der Waals surface area (Å²) < 4.78 is 4.79. The number of ether oxygens (including phenoxy) is 1. The van der Waals surface area contributed by atoms with E-state index >= 15 is 0 Å². The van der Waals surface area contributed by atoms with Crippen LogP contribution >= 0.6 is 0 Å². The van der Waals surface area contributed by atoms with Crippen molar-refractivity contribution >= 4 is 22.9 Å². The highest BCUT2D eigenvalue weighted by Crippen LogP contribution is 2.18. The molecule has 6 heteroatoms. The number of pyridine rings is 1. The number of aryl methyl sites for hydroxylation is 1. The lowest BCUT2D eigenvalue weighted by Gasteiger charge is -2.02. The van der Waals surface area contributed by atoms with Crippen LogP contribution in [0.1, 0.15) is 5.69 Å². The molecule has 0 fully saturated rings. The Morgan fingerprint density at radius 2 is 2.47 bits per heavy atom. The highest BCUT2D eigenvalue weighted by Gasteiger charge is 2.10. The van der Waals surface area contributed by atoms with Crippen molar-refractivity contribution in [3.05, 3.63) is 30.5 Å². The van der Waals surface area contributed by atoms with E-state index in [4.69, 9.17) is 4.74 Å². The second-order valence-corrected chi connectivity index (χ2v) is 3.43. The number of carbonyl (C=O) groups excluding carboxylic acids is 1. The van der Waals surface area contributed by atoms with Crippen molar-refractivity contribution in [1.82, 2.24) is 15.2 Å². The number of nitrogens with one attached hydrogen (secondary N) is 2. The summed E-state index contributed by atoms with van der Waals surface area (Å²) in [5.74, 6) is 0.404. The first-order valence-electron chi connectivity index (χ1n) is 5.07. The van der Waals surface area contributed by atoms with Crippen LogP contribution in [0, 0.1) is 6.92 Å². The lowest BCUT2D eigenvalue weighted by molar-refractivity contribution is 0.174. The van der Waals surface area contributed by atoms with Gasteiger partial charge < -0.3 is 4.74 Å². The topological polar surface area (TPSA) is 79.9 Å². The van der Waals surface area contributed by atoms with Crippen molar-refractivity contribution in [3.63, 3.8) is 0 Å². The average Bonchev–Trinajstić information content (AvgIpc) is 2.69. The first-order chi connectivity index (χ1) is 8.20. The first-order valence-corrected chi connectivity index (χ1v) is 5.07. The second-order valence-electron chi connectivity index (χ2n) is 3.43. The van der Waals surface area contributed by atoms with Crippen molar-refractivity contribution in [2.24, 2.45) is 0 Å². The van der Waals surface area contributed by atoms with Crippen LogP contribution in [0.3, 0.4) is 0 Å². The molecule has 0 aliphatic heterocycles. The number of H-pyrrole nitrogens is 1. The van der Waals surface area contributed by atoms with E-state index in [2.05, 4.69) is 27.1 Å². The van der Waals surface area contributed by atoms with E-state index in [1.54, 1.807) is 0 Å². The predicted molar refractivity (Wildman–Crippen MR) is 63.8 cm³/mol. The Labute approximate surface area is 97.7 Å². The predicted octanol–water partition coefficient (Wildman–Crippen LogP) is 2.00. The van der Waals surface area contributed by atoms with Gasteiger partial charge in [-0.25, -0.2) is 9.78 Å². The van der Waals surface area contributed by atoms with Gasteiger partial charge in [0.1, 0.15) is 6.61 Å². The van der Waals surface area contributed by atoms with Gasteiger partial charge in [0, 0.05) is 5.69 Å². The van der Waals surface area contributed by atoms with Crippen LogP contribution in [0.5, 0.6) is 0 Å². The standard InChI is InChI=1S/C11H12N4O2/c1-3-6-17-11(16)13-10-8-5-4-7(2)12-9(8)14-15-10/h3-5H,1,6H2,2H3,(H2,12,13,14,15,16). The number of fused-ring (bicyclic) bond motifs is 1. The van der Waals surface area contributed by atoms with E-state index in [1.165, 1.54) is 6.08 Å². The molecule has 1 amide bonds. The molecule has 2 N–H and O–H groups in total. The largest absolute Gasteiger partial charge is 0.445 e. The van der Waals surface area contributed by atoms with Crippen LogP contribution < -0.4 is 5.32 Å². The molecule has 6 nitrogen and oxygen atoms in total. The van der Waals surface area contributed by atoms with E-state index in [1.807, 2.05) is 19.1 Å². The molecule has 17 heavy (non-hydrogen) atoms. The minimum absolute atomic E-state index is 0.158. The van der Waals surface area contributed by atoms with Crippen LogP contribution in [0.25, 0.3) is 11.0 Å². The van der Waals surface area contributed by atoms with Gasteiger partial charge in [-0.2, -0.15) is 5.10 Å². The number of aromatic amines is 1. The van der Waals surface area contributed by atoms with Gasteiger partial charge in [0.2, 0.25) is 0 Å². The third-order valence-corrected chi connectivity index (χ3v) is 2.12. The molecular weight excluding hydrogens is 220 g/mol. The van der Waals surface area contributed by atoms with Gasteiger partial charge in [-0.1, -0.05) is 12.7 Å². The molecule has 0 atom stereocenters. The van der Waals surface area contributed by atoms with Gasteiger partial charge >= 0.3 is 6.09 Å². The average molecular weight is 232 g/mol. The first kappa shape index (κ1) is 11.1. The summed E-state index contributed by atoms with van der Waals surface area (Å²) in [6.07, 6.45) is 0.923.